The van der Waals surface area contributed by atoms with Gasteiger partial charge in [0.1, 0.15) is 17.6 Å². The molecule has 1 atom stereocenters. The summed E-state index contributed by atoms with van der Waals surface area (Å²) in [6.07, 6.45) is 4.99. The van der Waals surface area contributed by atoms with Gasteiger partial charge in [0.05, 0.1) is 6.26 Å². The third-order valence-corrected chi connectivity index (χ3v) is 3.01. The summed E-state index contributed by atoms with van der Waals surface area (Å²) in [4.78, 5) is 0. The van der Waals surface area contributed by atoms with E-state index in [1.54, 1.807) is 6.26 Å². The predicted octanol–water partition coefficient (Wildman–Crippen LogP) is 3.22. The first kappa shape index (κ1) is 9.52. The quantitative estimate of drug-likeness (QED) is 0.765. The second kappa shape index (κ2) is 4.05. The van der Waals surface area contributed by atoms with Crippen LogP contribution in [0.1, 0.15) is 17.7 Å². The van der Waals surface area contributed by atoms with Gasteiger partial charge in [-0.3, -0.25) is 0 Å². The summed E-state index contributed by atoms with van der Waals surface area (Å²) in [7, 11) is 0. The summed E-state index contributed by atoms with van der Waals surface area (Å²) < 4.78 is 11.3. The lowest BCUT2D eigenvalue weighted by molar-refractivity contribution is 0.167. The first-order chi connectivity index (χ1) is 7.92. The molecule has 1 aromatic carbocycles. The number of hydrogen-bond acceptors (Lipinski definition) is 2. The Bertz CT molecular complexity index is 459. The molecule has 3 rings (SSSR count). The summed E-state index contributed by atoms with van der Waals surface area (Å²) >= 11 is 0. The van der Waals surface area contributed by atoms with E-state index in [2.05, 4.69) is 12.1 Å². The van der Waals surface area contributed by atoms with Crippen molar-refractivity contribution in [2.24, 2.45) is 0 Å². The zero-order chi connectivity index (χ0) is 10.8. The molecule has 0 saturated heterocycles. The Balaban J connectivity index is 1.73. The average Bonchev–Trinajstić information content (AvgIpc) is 2.82. The van der Waals surface area contributed by atoms with Crippen molar-refractivity contribution in [2.45, 2.75) is 25.4 Å². The molecule has 1 aromatic heterocycles. The van der Waals surface area contributed by atoms with E-state index in [0.29, 0.717) is 0 Å². The topological polar surface area (TPSA) is 22.4 Å². The molecule has 2 aromatic rings. The molecule has 1 aliphatic rings. The van der Waals surface area contributed by atoms with Crippen LogP contribution in [0.4, 0.5) is 0 Å². The highest BCUT2D eigenvalue weighted by Gasteiger charge is 2.20. The van der Waals surface area contributed by atoms with Crippen molar-refractivity contribution >= 4 is 0 Å². The Hall–Kier alpha value is -1.70. The van der Waals surface area contributed by atoms with Crippen LogP contribution in [0.3, 0.4) is 0 Å². The minimum Gasteiger partial charge on any atom is -0.490 e. The van der Waals surface area contributed by atoms with Crippen LogP contribution >= 0.6 is 0 Å². The van der Waals surface area contributed by atoms with Gasteiger partial charge in [-0.2, -0.15) is 0 Å². The average molecular weight is 214 g/mol. The molecular weight excluding hydrogens is 200 g/mol. The Kier molecular flexibility index (Phi) is 2.41. The molecule has 1 aliphatic heterocycles. The number of furan rings is 1. The van der Waals surface area contributed by atoms with Gasteiger partial charge in [-0.15, -0.1) is 0 Å². The standard InChI is InChI=1S/C14H14O2/c1-2-6-14-11(4-1)7-8-13(16-14)10-12-5-3-9-15-12/h1-6,9,13H,7-8,10H2. The fraction of sp³-hybridized carbons (Fsp3) is 0.286. The number of rotatable bonds is 2. The molecule has 1 unspecified atom stereocenters. The minimum atomic E-state index is 0.251. The number of benzene rings is 1. The smallest absolute Gasteiger partial charge is 0.122 e. The Labute approximate surface area is 94.9 Å². The zero-order valence-corrected chi connectivity index (χ0v) is 9.06. The zero-order valence-electron chi connectivity index (χ0n) is 9.06. The fourth-order valence-electron chi connectivity index (χ4n) is 2.18. The van der Waals surface area contributed by atoms with E-state index >= 15 is 0 Å². The van der Waals surface area contributed by atoms with Crippen molar-refractivity contribution in [2.75, 3.05) is 0 Å². The molecule has 0 fully saturated rings. The van der Waals surface area contributed by atoms with Crippen LogP contribution in [0, 0.1) is 0 Å². The molecule has 0 amide bonds. The van der Waals surface area contributed by atoms with Crippen LogP contribution in [0.15, 0.2) is 47.1 Å². The van der Waals surface area contributed by atoms with E-state index in [-0.39, 0.29) is 6.10 Å². The van der Waals surface area contributed by atoms with E-state index in [1.165, 1.54) is 5.56 Å². The van der Waals surface area contributed by atoms with Crippen molar-refractivity contribution in [1.29, 1.82) is 0 Å². The Morgan fingerprint density at radius 3 is 2.94 bits per heavy atom. The van der Waals surface area contributed by atoms with E-state index < -0.39 is 0 Å². The van der Waals surface area contributed by atoms with Crippen LogP contribution < -0.4 is 4.74 Å². The van der Waals surface area contributed by atoms with Crippen LogP contribution in [-0.2, 0) is 12.8 Å². The van der Waals surface area contributed by atoms with Gasteiger partial charge < -0.3 is 9.15 Å². The molecule has 0 spiro atoms. The first-order valence-electron chi connectivity index (χ1n) is 5.69. The van der Waals surface area contributed by atoms with Gasteiger partial charge in [-0.25, -0.2) is 0 Å². The van der Waals surface area contributed by atoms with Crippen LogP contribution in [-0.4, -0.2) is 6.10 Å². The maximum absolute atomic E-state index is 5.95. The number of ether oxygens (including phenoxy) is 1. The van der Waals surface area contributed by atoms with Crippen molar-refractivity contribution in [3.05, 3.63) is 54.0 Å². The van der Waals surface area contributed by atoms with Gasteiger partial charge in [-0.1, -0.05) is 18.2 Å². The summed E-state index contributed by atoms with van der Waals surface area (Å²) in [6, 6.07) is 12.2. The normalized spacial score (nSPS) is 18.9. The summed E-state index contributed by atoms with van der Waals surface area (Å²) in [5, 5.41) is 0. The third-order valence-electron chi connectivity index (χ3n) is 3.01. The molecule has 0 radical (unpaired) electrons. The third kappa shape index (κ3) is 1.83. The maximum Gasteiger partial charge on any atom is 0.122 e. The van der Waals surface area contributed by atoms with Gasteiger partial charge in [0, 0.05) is 6.42 Å². The number of hydrogen-bond donors (Lipinski definition) is 0. The molecule has 0 bridgehead atoms. The molecule has 0 N–H and O–H groups in total. The summed E-state index contributed by atoms with van der Waals surface area (Å²) in [5.74, 6) is 2.04. The largest absolute Gasteiger partial charge is 0.490 e. The van der Waals surface area contributed by atoms with Gasteiger partial charge in [0.2, 0.25) is 0 Å². The monoisotopic (exact) mass is 214 g/mol. The number of fused-ring (bicyclic) bond motifs is 1. The predicted molar refractivity (Wildman–Crippen MR) is 61.6 cm³/mol. The molecule has 82 valence electrons. The lowest BCUT2D eigenvalue weighted by Gasteiger charge is -2.25. The minimum absolute atomic E-state index is 0.251. The van der Waals surface area contributed by atoms with E-state index in [9.17, 15) is 0 Å². The molecule has 0 saturated carbocycles. The Morgan fingerprint density at radius 2 is 2.06 bits per heavy atom. The molecule has 16 heavy (non-hydrogen) atoms. The highest BCUT2D eigenvalue weighted by atomic mass is 16.5. The second-order valence-electron chi connectivity index (χ2n) is 4.17. The lowest BCUT2D eigenvalue weighted by Crippen LogP contribution is -2.24. The second-order valence-corrected chi connectivity index (χ2v) is 4.17. The van der Waals surface area contributed by atoms with Gasteiger partial charge >= 0.3 is 0 Å². The Morgan fingerprint density at radius 1 is 1.12 bits per heavy atom. The molecule has 2 heterocycles. The molecule has 0 aliphatic carbocycles. The van der Waals surface area contributed by atoms with Crippen molar-refractivity contribution < 1.29 is 9.15 Å². The van der Waals surface area contributed by atoms with Crippen LogP contribution in [0.5, 0.6) is 5.75 Å². The highest BCUT2D eigenvalue weighted by molar-refractivity contribution is 5.35. The number of para-hydroxylation sites is 1. The van der Waals surface area contributed by atoms with Crippen LogP contribution in [0.2, 0.25) is 0 Å². The SMILES string of the molecule is c1coc(CC2CCc3ccccc3O2)c1. The molecular formula is C14H14O2. The number of aryl methyl sites for hydroxylation is 1. The van der Waals surface area contributed by atoms with Crippen molar-refractivity contribution in [3.8, 4) is 5.75 Å². The van der Waals surface area contributed by atoms with Crippen LogP contribution in [0.25, 0.3) is 0 Å². The van der Waals surface area contributed by atoms with Gasteiger partial charge in [0.15, 0.2) is 0 Å². The summed E-state index contributed by atoms with van der Waals surface area (Å²) in [5.41, 5.74) is 1.32. The van der Waals surface area contributed by atoms with E-state index in [0.717, 1.165) is 30.8 Å². The summed E-state index contributed by atoms with van der Waals surface area (Å²) in [6.45, 7) is 0. The van der Waals surface area contributed by atoms with Gasteiger partial charge in [0.25, 0.3) is 0 Å². The van der Waals surface area contributed by atoms with E-state index in [4.69, 9.17) is 9.15 Å². The van der Waals surface area contributed by atoms with Crippen molar-refractivity contribution in [3.63, 3.8) is 0 Å². The molecule has 2 nitrogen and oxygen atoms in total. The molecule has 2 heteroatoms. The maximum atomic E-state index is 5.95. The van der Waals surface area contributed by atoms with Gasteiger partial charge in [-0.05, 0) is 36.6 Å². The lowest BCUT2D eigenvalue weighted by atomic mass is 10.00. The fourth-order valence-corrected chi connectivity index (χ4v) is 2.18. The van der Waals surface area contributed by atoms with Crippen molar-refractivity contribution in [1.82, 2.24) is 0 Å². The van der Waals surface area contributed by atoms with E-state index in [1.807, 2.05) is 24.3 Å². The first-order valence-corrected chi connectivity index (χ1v) is 5.69. The highest BCUT2D eigenvalue weighted by Crippen LogP contribution is 2.28.